The van der Waals surface area contributed by atoms with Gasteiger partial charge in [0.05, 0.1) is 0 Å². The van der Waals surface area contributed by atoms with Crippen LogP contribution in [0.15, 0.2) is 0 Å². The second-order valence-electron chi connectivity index (χ2n) is 2.23. The van der Waals surface area contributed by atoms with Crippen molar-refractivity contribution < 1.29 is 4.79 Å². The minimum Gasteiger partial charge on any atom is -0.271 e. The molecule has 1 aromatic rings. The summed E-state index contributed by atoms with van der Waals surface area (Å²) in [5.41, 5.74) is 2.55. The summed E-state index contributed by atoms with van der Waals surface area (Å²) in [5, 5.41) is 12.2. The lowest BCUT2D eigenvalue weighted by Gasteiger charge is -2.22. The molecule has 0 aromatic carbocycles. The number of carbonyl (C=O) groups is 1. The Morgan fingerprint density at radius 2 is 2.45 bits per heavy atom. The number of hydrazine groups is 1. The maximum Gasteiger partial charge on any atom is 0.264 e. The van der Waals surface area contributed by atoms with Crippen LogP contribution in [0.1, 0.15) is 0 Å². The largest absolute Gasteiger partial charge is 0.271 e. The van der Waals surface area contributed by atoms with Crippen LogP contribution >= 0.6 is 0 Å². The SMILES string of the molecule is CN1NC(=O)Cn2nnnc21. The zero-order valence-corrected chi connectivity index (χ0v) is 5.85. The first-order valence-electron chi connectivity index (χ1n) is 3.07. The zero-order chi connectivity index (χ0) is 7.84. The number of fused-ring (bicyclic) bond motifs is 1. The van der Waals surface area contributed by atoms with E-state index in [1.54, 1.807) is 7.05 Å². The van der Waals surface area contributed by atoms with E-state index < -0.39 is 0 Å². The van der Waals surface area contributed by atoms with Crippen molar-refractivity contribution in [2.24, 2.45) is 0 Å². The molecule has 0 saturated heterocycles. The molecule has 0 saturated carbocycles. The molecule has 0 unspecified atom stereocenters. The first kappa shape index (κ1) is 6.08. The van der Waals surface area contributed by atoms with E-state index in [9.17, 15) is 4.79 Å². The van der Waals surface area contributed by atoms with Crippen molar-refractivity contribution in [3.63, 3.8) is 0 Å². The third kappa shape index (κ3) is 0.810. The monoisotopic (exact) mass is 154 g/mol. The summed E-state index contributed by atoms with van der Waals surface area (Å²) < 4.78 is 1.43. The van der Waals surface area contributed by atoms with Crippen molar-refractivity contribution >= 4 is 11.9 Å². The van der Waals surface area contributed by atoms with Crippen molar-refractivity contribution in [1.82, 2.24) is 25.6 Å². The van der Waals surface area contributed by atoms with Gasteiger partial charge in [0.1, 0.15) is 6.54 Å². The number of rotatable bonds is 0. The van der Waals surface area contributed by atoms with Crippen LogP contribution in [-0.4, -0.2) is 33.2 Å². The van der Waals surface area contributed by atoms with Crippen LogP contribution in [0.4, 0.5) is 5.95 Å². The van der Waals surface area contributed by atoms with Crippen LogP contribution in [-0.2, 0) is 11.3 Å². The number of aromatic nitrogens is 4. The lowest BCUT2D eigenvalue weighted by molar-refractivity contribution is -0.122. The normalized spacial score (nSPS) is 16.1. The molecule has 0 spiro atoms. The first-order chi connectivity index (χ1) is 5.27. The highest BCUT2D eigenvalue weighted by molar-refractivity contribution is 5.78. The zero-order valence-electron chi connectivity index (χ0n) is 5.85. The number of hydrogen-bond donors (Lipinski definition) is 1. The van der Waals surface area contributed by atoms with E-state index in [-0.39, 0.29) is 12.5 Å². The third-order valence-electron chi connectivity index (χ3n) is 1.40. The van der Waals surface area contributed by atoms with Gasteiger partial charge in [0.25, 0.3) is 11.9 Å². The average molecular weight is 154 g/mol. The molecule has 0 bridgehead atoms. The topological polar surface area (TPSA) is 75.9 Å². The van der Waals surface area contributed by atoms with Gasteiger partial charge < -0.3 is 0 Å². The fourth-order valence-corrected chi connectivity index (χ4v) is 0.951. The lowest BCUT2D eigenvalue weighted by atomic mass is 10.6. The second-order valence-corrected chi connectivity index (χ2v) is 2.23. The summed E-state index contributed by atoms with van der Waals surface area (Å²) in [6.45, 7) is 0.187. The summed E-state index contributed by atoms with van der Waals surface area (Å²) >= 11 is 0. The molecule has 1 aromatic heterocycles. The van der Waals surface area contributed by atoms with Gasteiger partial charge in [-0.2, -0.15) is 0 Å². The van der Waals surface area contributed by atoms with Crippen molar-refractivity contribution in [3.8, 4) is 0 Å². The van der Waals surface area contributed by atoms with Crippen LogP contribution in [0, 0.1) is 0 Å². The predicted molar refractivity (Wildman–Crippen MR) is 34.4 cm³/mol. The van der Waals surface area contributed by atoms with E-state index in [1.807, 2.05) is 0 Å². The van der Waals surface area contributed by atoms with Crippen LogP contribution in [0.25, 0.3) is 0 Å². The fraction of sp³-hybridized carbons (Fsp3) is 0.500. The summed E-state index contributed by atoms with van der Waals surface area (Å²) in [6, 6.07) is 0. The van der Waals surface area contributed by atoms with Crippen molar-refractivity contribution in [2.45, 2.75) is 6.54 Å². The van der Waals surface area contributed by atoms with Crippen molar-refractivity contribution in [2.75, 3.05) is 12.1 Å². The Labute approximate surface area is 61.9 Å². The number of tetrazole rings is 1. The number of amides is 1. The van der Waals surface area contributed by atoms with E-state index in [0.29, 0.717) is 5.95 Å². The molecule has 1 N–H and O–H groups in total. The average Bonchev–Trinajstić information content (AvgIpc) is 2.34. The first-order valence-corrected chi connectivity index (χ1v) is 3.07. The predicted octanol–water partition coefficient (Wildman–Crippen LogP) is -1.85. The van der Waals surface area contributed by atoms with Gasteiger partial charge in [-0.15, -0.1) is 0 Å². The van der Waals surface area contributed by atoms with E-state index in [2.05, 4.69) is 21.0 Å². The highest BCUT2D eigenvalue weighted by atomic mass is 16.2. The molecule has 0 atom stereocenters. The van der Waals surface area contributed by atoms with E-state index in [0.717, 1.165) is 0 Å². The lowest BCUT2D eigenvalue weighted by Crippen LogP contribution is -2.47. The van der Waals surface area contributed by atoms with Gasteiger partial charge in [-0.05, 0) is 10.4 Å². The molecular formula is C4H6N6O. The van der Waals surface area contributed by atoms with E-state index in [4.69, 9.17) is 0 Å². The Hall–Kier alpha value is -1.66. The maximum absolute atomic E-state index is 10.9. The molecule has 7 heteroatoms. The van der Waals surface area contributed by atoms with Gasteiger partial charge in [0.2, 0.25) is 0 Å². The summed E-state index contributed by atoms with van der Waals surface area (Å²) in [6.07, 6.45) is 0. The molecule has 2 rings (SSSR count). The molecule has 11 heavy (non-hydrogen) atoms. The molecule has 2 heterocycles. The van der Waals surface area contributed by atoms with Crippen molar-refractivity contribution in [1.29, 1.82) is 0 Å². The molecule has 1 amide bonds. The van der Waals surface area contributed by atoms with Gasteiger partial charge >= 0.3 is 0 Å². The van der Waals surface area contributed by atoms with Gasteiger partial charge in [-0.25, -0.2) is 4.68 Å². The minimum absolute atomic E-state index is 0.118. The van der Waals surface area contributed by atoms with E-state index >= 15 is 0 Å². The number of nitrogens with zero attached hydrogens (tertiary/aromatic N) is 5. The highest BCUT2D eigenvalue weighted by Crippen LogP contribution is 2.06. The minimum atomic E-state index is -0.118. The van der Waals surface area contributed by atoms with Gasteiger partial charge in [-0.1, -0.05) is 5.10 Å². The number of carbonyl (C=O) groups excluding carboxylic acids is 1. The van der Waals surface area contributed by atoms with Gasteiger partial charge in [-0.3, -0.25) is 15.2 Å². The Bertz CT molecular complexity index is 293. The molecule has 58 valence electrons. The highest BCUT2D eigenvalue weighted by Gasteiger charge is 2.20. The standard InChI is InChI=1S/C4H6N6O/c1-9-4-5-7-8-10(4)2-3(11)6-9/h2H2,1H3,(H,6,11). The molecule has 1 aliphatic rings. The van der Waals surface area contributed by atoms with E-state index in [1.165, 1.54) is 9.69 Å². The molecule has 1 aliphatic heterocycles. The third-order valence-corrected chi connectivity index (χ3v) is 1.40. The molecule has 0 aliphatic carbocycles. The Kier molecular flexibility index (Phi) is 1.05. The Balaban J connectivity index is 2.43. The number of hydrogen-bond acceptors (Lipinski definition) is 5. The van der Waals surface area contributed by atoms with Gasteiger partial charge in [0.15, 0.2) is 0 Å². The van der Waals surface area contributed by atoms with Crippen LogP contribution in [0.2, 0.25) is 0 Å². The molecule has 0 fully saturated rings. The molecule has 7 nitrogen and oxygen atoms in total. The van der Waals surface area contributed by atoms with Gasteiger partial charge in [0, 0.05) is 7.05 Å². The summed E-state index contributed by atoms with van der Waals surface area (Å²) in [4.78, 5) is 10.9. The number of nitrogens with one attached hydrogen (secondary N) is 1. The second kappa shape index (κ2) is 1.91. The quantitative estimate of drug-likeness (QED) is 0.475. The van der Waals surface area contributed by atoms with Crippen LogP contribution in [0.5, 0.6) is 0 Å². The molecular weight excluding hydrogens is 148 g/mol. The van der Waals surface area contributed by atoms with Crippen LogP contribution < -0.4 is 10.4 Å². The fourth-order valence-electron chi connectivity index (χ4n) is 0.951. The summed E-state index contributed by atoms with van der Waals surface area (Å²) in [5.74, 6) is 0.428. The number of anilines is 1. The summed E-state index contributed by atoms with van der Waals surface area (Å²) in [7, 11) is 1.68. The van der Waals surface area contributed by atoms with Crippen LogP contribution in [0.3, 0.4) is 0 Å². The maximum atomic E-state index is 10.9. The van der Waals surface area contributed by atoms with Crippen molar-refractivity contribution in [3.05, 3.63) is 0 Å². The Morgan fingerprint density at radius 1 is 1.64 bits per heavy atom. The molecule has 0 radical (unpaired) electrons. The smallest absolute Gasteiger partial charge is 0.264 e. The Morgan fingerprint density at radius 3 is 3.27 bits per heavy atom.